The number of carbonyl (C=O) groups excluding carboxylic acids is 1. The zero-order valence-electron chi connectivity index (χ0n) is 35.0. The van der Waals surface area contributed by atoms with Crippen LogP contribution in [-0.2, 0) is 4.79 Å². The van der Waals surface area contributed by atoms with E-state index in [-0.39, 0.29) is 0 Å². The number of hydrogen-bond acceptors (Lipinski definition) is 5. The van der Waals surface area contributed by atoms with E-state index < -0.39 is 36.9 Å². The highest BCUT2D eigenvalue weighted by Gasteiger charge is 2.28. The lowest BCUT2D eigenvalue weighted by atomic mass is 10.00. The molecule has 53 heavy (non-hydrogen) atoms. The number of nitrogens with one attached hydrogen (secondary N) is 1. The Hall–Kier alpha value is -1.47. The summed E-state index contributed by atoms with van der Waals surface area (Å²) < 4.78 is 0. The Morgan fingerprint density at radius 3 is 1.19 bits per heavy atom. The van der Waals surface area contributed by atoms with E-state index in [1.165, 1.54) is 141 Å². The molecule has 0 aliphatic rings. The van der Waals surface area contributed by atoms with Crippen LogP contribution in [0.3, 0.4) is 0 Å². The molecule has 0 fully saturated rings. The van der Waals surface area contributed by atoms with Crippen molar-refractivity contribution in [3.8, 4) is 0 Å². The Labute approximate surface area is 328 Å². The normalized spacial score (nSPS) is 14.5. The summed E-state index contributed by atoms with van der Waals surface area (Å²) in [7, 11) is 0. The minimum absolute atomic E-state index is 0.353. The predicted molar refractivity (Wildman–Crippen MR) is 228 cm³/mol. The number of amides is 1. The van der Waals surface area contributed by atoms with E-state index in [2.05, 4.69) is 55.6 Å². The Kier molecular flexibility index (Phi) is 40.5. The van der Waals surface area contributed by atoms with Gasteiger partial charge in [0.2, 0.25) is 5.91 Å². The fourth-order valence-electron chi connectivity index (χ4n) is 6.89. The van der Waals surface area contributed by atoms with Crippen LogP contribution < -0.4 is 5.32 Å². The van der Waals surface area contributed by atoms with Gasteiger partial charge in [0, 0.05) is 0 Å². The van der Waals surface area contributed by atoms with Gasteiger partial charge in [-0.25, -0.2) is 0 Å². The van der Waals surface area contributed by atoms with E-state index in [4.69, 9.17) is 0 Å². The molecule has 5 N–H and O–H groups in total. The number of allylic oxidation sites excluding steroid dienone is 6. The lowest BCUT2D eigenvalue weighted by Gasteiger charge is -2.27. The first-order valence-corrected chi connectivity index (χ1v) is 22.9. The van der Waals surface area contributed by atoms with Crippen LogP contribution in [0, 0.1) is 0 Å². The van der Waals surface area contributed by atoms with Gasteiger partial charge in [0.1, 0.15) is 12.2 Å². The van der Waals surface area contributed by atoms with Crippen molar-refractivity contribution in [2.24, 2.45) is 0 Å². The van der Waals surface area contributed by atoms with Gasteiger partial charge >= 0.3 is 0 Å². The summed E-state index contributed by atoms with van der Waals surface area (Å²) in [4.78, 5) is 12.5. The van der Waals surface area contributed by atoms with Crippen molar-refractivity contribution in [2.75, 3.05) is 6.61 Å². The zero-order valence-corrected chi connectivity index (χ0v) is 35.0. The van der Waals surface area contributed by atoms with Gasteiger partial charge in [0.15, 0.2) is 0 Å². The van der Waals surface area contributed by atoms with E-state index in [9.17, 15) is 25.2 Å². The van der Waals surface area contributed by atoms with E-state index in [1.807, 2.05) is 0 Å². The van der Waals surface area contributed by atoms with Crippen molar-refractivity contribution >= 4 is 5.91 Å². The van der Waals surface area contributed by atoms with Gasteiger partial charge in [-0.3, -0.25) is 4.79 Å². The minimum atomic E-state index is -1.29. The quantitative estimate of drug-likeness (QED) is 0.0316. The SMILES string of the molecule is CCCCCCCC/C=C\CCCCCCCCC(O)C(=O)NC(CO)C(O)C(O)CCC/C=C/CC/C=C/CCCCCCCCCCCCCC. The highest BCUT2D eigenvalue weighted by atomic mass is 16.3. The Bertz CT molecular complexity index is 843. The summed E-state index contributed by atoms with van der Waals surface area (Å²) in [5, 5.41) is 43.7. The maximum Gasteiger partial charge on any atom is 0.249 e. The average Bonchev–Trinajstić information content (AvgIpc) is 3.16. The third-order valence-electron chi connectivity index (χ3n) is 10.6. The standard InChI is InChI=1S/C47H89NO5/c1-3-5-7-9-11-13-15-17-19-21-22-23-24-25-27-28-30-32-34-36-38-40-44(50)46(52)43(42-49)48-47(53)45(51)41-39-37-35-33-31-29-26-20-18-16-14-12-10-8-6-4-2/h18,20,25,27,32,34,43-46,49-52H,3-17,19,21-24,26,28-31,33,35-42H2,1-2H3,(H,48,53)/b20-18-,27-25+,34-32+. The van der Waals surface area contributed by atoms with E-state index >= 15 is 0 Å². The number of rotatable bonds is 41. The highest BCUT2D eigenvalue weighted by Crippen LogP contribution is 2.15. The zero-order chi connectivity index (χ0) is 38.9. The summed E-state index contributed by atoms with van der Waals surface area (Å²) in [6.07, 6.45) is 48.9. The summed E-state index contributed by atoms with van der Waals surface area (Å²) in [6, 6.07) is -1.01. The molecular weight excluding hydrogens is 659 g/mol. The second-order valence-electron chi connectivity index (χ2n) is 15.7. The molecule has 312 valence electrons. The van der Waals surface area contributed by atoms with Gasteiger partial charge in [-0.15, -0.1) is 0 Å². The van der Waals surface area contributed by atoms with Crippen molar-refractivity contribution < 1.29 is 25.2 Å². The van der Waals surface area contributed by atoms with E-state index in [0.29, 0.717) is 19.3 Å². The third kappa shape index (κ3) is 36.0. The second-order valence-corrected chi connectivity index (χ2v) is 15.7. The average molecular weight is 748 g/mol. The van der Waals surface area contributed by atoms with E-state index in [0.717, 1.165) is 51.4 Å². The summed E-state index contributed by atoms with van der Waals surface area (Å²) in [6.45, 7) is 4.03. The predicted octanol–water partition coefficient (Wildman–Crippen LogP) is 12.1. The monoisotopic (exact) mass is 748 g/mol. The van der Waals surface area contributed by atoms with Crippen molar-refractivity contribution in [1.82, 2.24) is 5.32 Å². The lowest BCUT2D eigenvalue weighted by Crippen LogP contribution is -2.53. The molecule has 6 heteroatoms. The van der Waals surface area contributed by atoms with Gasteiger partial charge in [0.25, 0.3) is 0 Å². The largest absolute Gasteiger partial charge is 0.394 e. The number of hydrogen-bond donors (Lipinski definition) is 5. The molecule has 6 nitrogen and oxygen atoms in total. The molecule has 0 saturated carbocycles. The Balaban J connectivity index is 3.80. The van der Waals surface area contributed by atoms with Crippen LogP contribution in [-0.4, -0.2) is 57.3 Å². The third-order valence-corrected chi connectivity index (χ3v) is 10.6. The molecule has 0 spiro atoms. The van der Waals surface area contributed by atoms with Crippen LogP contribution >= 0.6 is 0 Å². The van der Waals surface area contributed by atoms with Crippen molar-refractivity contribution in [3.63, 3.8) is 0 Å². The second kappa shape index (κ2) is 41.7. The molecule has 0 saturated heterocycles. The maximum atomic E-state index is 12.5. The molecule has 0 heterocycles. The molecule has 0 aromatic carbocycles. The number of aliphatic hydroxyl groups excluding tert-OH is 4. The highest BCUT2D eigenvalue weighted by molar-refractivity contribution is 5.80. The molecule has 4 atom stereocenters. The Morgan fingerprint density at radius 1 is 0.453 bits per heavy atom. The lowest BCUT2D eigenvalue weighted by molar-refractivity contribution is -0.132. The molecule has 4 unspecified atom stereocenters. The van der Waals surface area contributed by atoms with Crippen molar-refractivity contribution in [3.05, 3.63) is 36.5 Å². The molecule has 0 aromatic heterocycles. The van der Waals surface area contributed by atoms with Crippen LogP contribution in [0.25, 0.3) is 0 Å². The molecule has 0 aliphatic carbocycles. The minimum Gasteiger partial charge on any atom is -0.394 e. The van der Waals surface area contributed by atoms with Crippen LogP contribution in [0.2, 0.25) is 0 Å². The fourth-order valence-corrected chi connectivity index (χ4v) is 6.89. The van der Waals surface area contributed by atoms with Gasteiger partial charge < -0.3 is 25.7 Å². The first-order chi connectivity index (χ1) is 26.0. The van der Waals surface area contributed by atoms with Crippen molar-refractivity contribution in [2.45, 2.75) is 250 Å². The van der Waals surface area contributed by atoms with Gasteiger partial charge in [-0.05, 0) is 77.0 Å². The summed E-state index contributed by atoms with van der Waals surface area (Å²) in [5.74, 6) is -0.603. The molecule has 0 aliphatic heterocycles. The van der Waals surface area contributed by atoms with Gasteiger partial charge in [-0.2, -0.15) is 0 Å². The molecular formula is C47H89NO5. The molecule has 1 amide bonds. The summed E-state index contributed by atoms with van der Waals surface area (Å²) in [5.41, 5.74) is 0. The van der Waals surface area contributed by atoms with Crippen molar-refractivity contribution in [1.29, 1.82) is 0 Å². The van der Waals surface area contributed by atoms with Crippen LogP contribution in [0.15, 0.2) is 36.5 Å². The number of unbranched alkanes of at least 4 members (excludes halogenated alkanes) is 26. The molecule has 0 radical (unpaired) electrons. The maximum absolute atomic E-state index is 12.5. The van der Waals surface area contributed by atoms with Gasteiger partial charge in [-0.1, -0.05) is 185 Å². The molecule has 0 aromatic rings. The Morgan fingerprint density at radius 2 is 0.792 bits per heavy atom. The topological polar surface area (TPSA) is 110 Å². The van der Waals surface area contributed by atoms with E-state index in [1.54, 1.807) is 0 Å². The fraction of sp³-hybridized carbons (Fsp3) is 0.851. The number of carbonyl (C=O) groups is 1. The molecule has 0 bridgehead atoms. The van der Waals surface area contributed by atoms with Gasteiger partial charge in [0.05, 0.1) is 18.8 Å². The summed E-state index contributed by atoms with van der Waals surface area (Å²) >= 11 is 0. The van der Waals surface area contributed by atoms with Crippen LogP contribution in [0.4, 0.5) is 0 Å². The molecule has 0 rings (SSSR count). The smallest absolute Gasteiger partial charge is 0.249 e. The number of aliphatic hydroxyl groups is 4. The first kappa shape index (κ1) is 51.5. The first-order valence-electron chi connectivity index (χ1n) is 22.9. The van der Waals surface area contributed by atoms with Crippen LogP contribution in [0.1, 0.15) is 226 Å². The van der Waals surface area contributed by atoms with Crippen LogP contribution in [0.5, 0.6) is 0 Å².